The molecule has 4 rings (SSSR count). The zero-order chi connectivity index (χ0) is 17.2. The van der Waals surface area contributed by atoms with Crippen molar-refractivity contribution in [2.24, 2.45) is 5.10 Å². The van der Waals surface area contributed by atoms with Gasteiger partial charge in [-0.25, -0.2) is 10.5 Å². The van der Waals surface area contributed by atoms with E-state index < -0.39 is 5.91 Å². The summed E-state index contributed by atoms with van der Waals surface area (Å²) in [6.45, 7) is 0. The number of H-pyrrole nitrogens is 1. The maximum absolute atomic E-state index is 12.5. The van der Waals surface area contributed by atoms with Crippen molar-refractivity contribution in [2.75, 3.05) is 0 Å². The highest BCUT2D eigenvalue weighted by molar-refractivity contribution is 6.07. The van der Waals surface area contributed by atoms with Crippen LogP contribution in [0.15, 0.2) is 58.4 Å². The summed E-state index contributed by atoms with van der Waals surface area (Å²) in [4.78, 5) is 24.3. The lowest BCUT2D eigenvalue weighted by atomic mass is 9.90. The molecule has 0 atom stereocenters. The minimum atomic E-state index is -0.442. The highest BCUT2D eigenvalue weighted by Crippen LogP contribution is 2.21. The highest BCUT2D eigenvalue weighted by Gasteiger charge is 2.17. The van der Waals surface area contributed by atoms with E-state index in [2.05, 4.69) is 26.8 Å². The van der Waals surface area contributed by atoms with E-state index >= 15 is 0 Å². The van der Waals surface area contributed by atoms with E-state index in [9.17, 15) is 9.59 Å². The second kappa shape index (κ2) is 6.32. The lowest BCUT2D eigenvalue weighted by molar-refractivity contribution is 0.0950. The molecule has 0 spiro atoms. The fourth-order valence-corrected chi connectivity index (χ4v) is 3.18. The largest absolute Gasteiger partial charge is 0.292 e. The van der Waals surface area contributed by atoms with Crippen molar-refractivity contribution in [1.82, 2.24) is 15.6 Å². The van der Waals surface area contributed by atoms with Crippen LogP contribution in [0.25, 0.3) is 10.8 Å². The number of aromatic amines is 1. The van der Waals surface area contributed by atoms with Crippen molar-refractivity contribution in [3.8, 4) is 0 Å². The summed E-state index contributed by atoms with van der Waals surface area (Å²) in [5.41, 5.74) is 5.61. The van der Waals surface area contributed by atoms with Gasteiger partial charge in [0.05, 0.1) is 11.1 Å². The summed E-state index contributed by atoms with van der Waals surface area (Å²) in [7, 11) is 0. The van der Waals surface area contributed by atoms with Gasteiger partial charge in [0.15, 0.2) is 5.69 Å². The molecule has 1 aliphatic rings. The van der Waals surface area contributed by atoms with Crippen LogP contribution in [0.5, 0.6) is 0 Å². The zero-order valence-electron chi connectivity index (χ0n) is 13.5. The van der Waals surface area contributed by atoms with E-state index in [1.807, 2.05) is 18.2 Å². The molecule has 1 heterocycles. The number of hydrogen-bond acceptors (Lipinski definition) is 4. The van der Waals surface area contributed by atoms with E-state index in [1.165, 1.54) is 5.56 Å². The SMILES string of the molecule is O=C(N/N=C1/CCCc2ccccc21)c1n[nH]c(=O)c2ccccc12. The van der Waals surface area contributed by atoms with Gasteiger partial charge in [-0.1, -0.05) is 42.5 Å². The van der Waals surface area contributed by atoms with Crippen molar-refractivity contribution in [1.29, 1.82) is 0 Å². The smallest absolute Gasteiger partial charge is 0.267 e. The maximum Gasteiger partial charge on any atom is 0.292 e. The molecule has 0 bridgehead atoms. The summed E-state index contributed by atoms with van der Waals surface area (Å²) in [6.07, 6.45) is 2.85. The molecule has 0 unspecified atom stereocenters. The van der Waals surface area contributed by atoms with Crippen LogP contribution in [0.3, 0.4) is 0 Å². The first-order valence-electron chi connectivity index (χ1n) is 8.16. The molecule has 2 aromatic carbocycles. The molecule has 0 aliphatic heterocycles. The third kappa shape index (κ3) is 2.82. The minimum Gasteiger partial charge on any atom is -0.267 e. The molecule has 0 fully saturated rings. The Balaban J connectivity index is 1.66. The Labute approximate surface area is 143 Å². The van der Waals surface area contributed by atoms with Gasteiger partial charge in [-0.15, -0.1) is 0 Å². The Morgan fingerprint density at radius 2 is 1.80 bits per heavy atom. The van der Waals surface area contributed by atoms with Crippen molar-refractivity contribution in [3.63, 3.8) is 0 Å². The Hall–Kier alpha value is -3.28. The first-order valence-corrected chi connectivity index (χ1v) is 8.16. The Kier molecular flexibility index (Phi) is 3.85. The Bertz CT molecular complexity index is 1050. The van der Waals surface area contributed by atoms with Gasteiger partial charge in [0.1, 0.15) is 0 Å². The molecular formula is C19H16N4O2. The van der Waals surface area contributed by atoms with Gasteiger partial charge < -0.3 is 0 Å². The number of nitrogens with zero attached hydrogens (tertiary/aromatic N) is 2. The molecular weight excluding hydrogens is 316 g/mol. The third-order valence-corrected chi connectivity index (χ3v) is 4.39. The van der Waals surface area contributed by atoms with Crippen LogP contribution >= 0.6 is 0 Å². The van der Waals surface area contributed by atoms with Crippen LogP contribution in [0.4, 0.5) is 0 Å². The van der Waals surface area contributed by atoms with Crippen LogP contribution in [-0.2, 0) is 6.42 Å². The normalized spacial score (nSPS) is 15.1. The second-order valence-electron chi connectivity index (χ2n) is 5.96. The lowest BCUT2D eigenvalue weighted by Crippen LogP contribution is -2.25. The molecule has 0 saturated carbocycles. The van der Waals surface area contributed by atoms with Crippen LogP contribution in [0.2, 0.25) is 0 Å². The van der Waals surface area contributed by atoms with Gasteiger partial charge in [0.2, 0.25) is 0 Å². The monoisotopic (exact) mass is 332 g/mol. The maximum atomic E-state index is 12.5. The predicted octanol–water partition coefficient (Wildman–Crippen LogP) is 2.39. The number of hydrogen-bond donors (Lipinski definition) is 2. The number of aromatic nitrogens is 2. The van der Waals surface area contributed by atoms with Gasteiger partial charge in [0, 0.05) is 10.9 Å². The Morgan fingerprint density at radius 1 is 1.04 bits per heavy atom. The third-order valence-electron chi connectivity index (χ3n) is 4.39. The zero-order valence-corrected chi connectivity index (χ0v) is 13.5. The number of rotatable bonds is 2. The fraction of sp³-hybridized carbons (Fsp3) is 0.158. The number of nitrogens with one attached hydrogen (secondary N) is 2. The molecule has 124 valence electrons. The van der Waals surface area contributed by atoms with E-state index in [4.69, 9.17) is 0 Å². The molecule has 0 radical (unpaired) electrons. The first-order chi connectivity index (χ1) is 12.2. The summed E-state index contributed by atoms with van der Waals surface area (Å²) < 4.78 is 0. The van der Waals surface area contributed by atoms with Crippen molar-refractivity contribution < 1.29 is 4.79 Å². The van der Waals surface area contributed by atoms with Crippen LogP contribution < -0.4 is 11.0 Å². The molecule has 6 heteroatoms. The number of amides is 1. The number of carbonyl (C=O) groups excluding carboxylic acids is 1. The molecule has 1 amide bonds. The van der Waals surface area contributed by atoms with Gasteiger partial charge in [-0.3, -0.25) is 9.59 Å². The average molecular weight is 332 g/mol. The molecule has 3 aromatic rings. The summed E-state index contributed by atoms with van der Waals surface area (Å²) in [5.74, 6) is -0.442. The number of fused-ring (bicyclic) bond motifs is 2. The van der Waals surface area contributed by atoms with Crippen molar-refractivity contribution in [3.05, 3.63) is 75.7 Å². The quantitative estimate of drug-likeness (QED) is 0.706. The summed E-state index contributed by atoms with van der Waals surface area (Å²) in [6, 6.07) is 15.0. The molecule has 0 saturated heterocycles. The minimum absolute atomic E-state index is 0.156. The van der Waals surface area contributed by atoms with Crippen LogP contribution in [-0.4, -0.2) is 21.8 Å². The van der Waals surface area contributed by atoms with Crippen LogP contribution in [0.1, 0.15) is 34.5 Å². The van der Waals surface area contributed by atoms with Crippen LogP contribution in [0, 0.1) is 0 Å². The van der Waals surface area contributed by atoms with E-state index in [-0.39, 0.29) is 11.3 Å². The topological polar surface area (TPSA) is 87.2 Å². The second-order valence-corrected chi connectivity index (χ2v) is 5.96. The lowest BCUT2D eigenvalue weighted by Gasteiger charge is -2.17. The molecule has 25 heavy (non-hydrogen) atoms. The fourth-order valence-electron chi connectivity index (χ4n) is 3.18. The molecule has 2 N–H and O–H groups in total. The van der Waals surface area contributed by atoms with Crippen molar-refractivity contribution >= 4 is 22.4 Å². The van der Waals surface area contributed by atoms with E-state index in [1.54, 1.807) is 24.3 Å². The summed E-state index contributed by atoms with van der Waals surface area (Å²) in [5, 5.41) is 11.5. The molecule has 1 aliphatic carbocycles. The standard InChI is InChI=1S/C19H16N4O2/c24-18-15-10-4-3-9-14(15)17(21-22-18)19(25)23-20-16-11-5-7-12-6-1-2-8-13(12)16/h1-4,6,8-10H,5,7,11H2,(H,22,24)(H,23,25)/b20-16-. The number of aryl methyl sites for hydroxylation is 1. The molecule has 1 aromatic heterocycles. The first kappa shape index (κ1) is 15.3. The Morgan fingerprint density at radius 3 is 2.68 bits per heavy atom. The molecule has 6 nitrogen and oxygen atoms in total. The number of benzene rings is 2. The van der Waals surface area contributed by atoms with E-state index in [0.29, 0.717) is 10.8 Å². The number of carbonyl (C=O) groups is 1. The van der Waals surface area contributed by atoms with Gasteiger partial charge in [0.25, 0.3) is 11.5 Å². The average Bonchev–Trinajstić information content (AvgIpc) is 2.66. The predicted molar refractivity (Wildman–Crippen MR) is 95.7 cm³/mol. The van der Waals surface area contributed by atoms with Crippen molar-refractivity contribution in [2.45, 2.75) is 19.3 Å². The van der Waals surface area contributed by atoms with Gasteiger partial charge in [-0.2, -0.15) is 10.2 Å². The highest BCUT2D eigenvalue weighted by atomic mass is 16.2. The summed E-state index contributed by atoms with van der Waals surface area (Å²) >= 11 is 0. The number of hydrazone groups is 1. The van der Waals surface area contributed by atoms with E-state index in [0.717, 1.165) is 30.5 Å². The van der Waals surface area contributed by atoms with Gasteiger partial charge >= 0.3 is 0 Å². The van der Waals surface area contributed by atoms with Gasteiger partial charge in [-0.05, 0) is 30.9 Å².